The molecule has 1 unspecified atom stereocenters. The smallest absolute Gasteiger partial charge is 0.0936 e. The third kappa shape index (κ3) is 2.45. The molecule has 0 aliphatic carbocycles. The van der Waals surface area contributed by atoms with Gasteiger partial charge in [-0.25, -0.2) is 0 Å². The van der Waals surface area contributed by atoms with Gasteiger partial charge in [0.1, 0.15) is 0 Å². The first-order valence-electron chi connectivity index (χ1n) is 6.04. The zero-order valence-corrected chi connectivity index (χ0v) is 13.5. The van der Waals surface area contributed by atoms with E-state index in [1.165, 1.54) is 26.8 Å². The SMILES string of the molecule is Cc1ccc2ccccc2c1C(Cl)c1ccc(Br)s1. The topological polar surface area (TPSA) is 0 Å². The zero-order valence-electron chi connectivity index (χ0n) is 10.4. The Morgan fingerprint density at radius 2 is 1.84 bits per heavy atom. The van der Waals surface area contributed by atoms with E-state index in [0.29, 0.717) is 0 Å². The average molecular weight is 352 g/mol. The first-order chi connectivity index (χ1) is 9.16. The summed E-state index contributed by atoms with van der Waals surface area (Å²) in [5, 5.41) is 2.39. The van der Waals surface area contributed by atoms with Gasteiger partial charge >= 0.3 is 0 Å². The molecule has 0 spiro atoms. The lowest BCUT2D eigenvalue weighted by molar-refractivity contribution is 1.17. The molecule has 0 aliphatic rings. The summed E-state index contributed by atoms with van der Waals surface area (Å²) in [5.41, 5.74) is 2.46. The monoisotopic (exact) mass is 350 g/mol. The van der Waals surface area contributed by atoms with Crippen molar-refractivity contribution in [2.75, 3.05) is 0 Å². The van der Waals surface area contributed by atoms with Crippen LogP contribution in [0.3, 0.4) is 0 Å². The minimum Gasteiger partial charge on any atom is -0.131 e. The number of thiophene rings is 1. The molecule has 1 heterocycles. The third-order valence-corrected chi connectivity index (χ3v) is 5.56. The first-order valence-corrected chi connectivity index (χ1v) is 8.09. The lowest BCUT2D eigenvalue weighted by Gasteiger charge is -2.14. The van der Waals surface area contributed by atoms with Crippen molar-refractivity contribution < 1.29 is 0 Å². The fourth-order valence-corrected chi connectivity index (χ4v) is 4.26. The summed E-state index contributed by atoms with van der Waals surface area (Å²) in [6.45, 7) is 2.12. The lowest BCUT2D eigenvalue weighted by Crippen LogP contribution is -1.95. The van der Waals surface area contributed by atoms with E-state index in [-0.39, 0.29) is 5.38 Å². The van der Waals surface area contributed by atoms with Crippen molar-refractivity contribution in [1.29, 1.82) is 0 Å². The molecule has 0 nitrogen and oxygen atoms in total. The number of halogens is 2. The summed E-state index contributed by atoms with van der Waals surface area (Å²) in [5.74, 6) is 0. The third-order valence-electron chi connectivity index (χ3n) is 3.29. The Bertz CT molecular complexity index is 732. The second-order valence-electron chi connectivity index (χ2n) is 4.52. The van der Waals surface area contributed by atoms with E-state index in [9.17, 15) is 0 Å². The minimum atomic E-state index is -0.0950. The molecule has 2 aromatic carbocycles. The van der Waals surface area contributed by atoms with Crippen LogP contribution in [-0.4, -0.2) is 0 Å². The van der Waals surface area contributed by atoms with Crippen LogP contribution in [-0.2, 0) is 0 Å². The average Bonchev–Trinajstić information content (AvgIpc) is 2.85. The van der Waals surface area contributed by atoms with E-state index in [0.717, 1.165) is 3.79 Å². The number of alkyl halides is 1. The van der Waals surface area contributed by atoms with Crippen LogP contribution in [0.2, 0.25) is 0 Å². The second-order valence-corrected chi connectivity index (χ2v) is 7.45. The molecule has 0 aliphatic heterocycles. The number of benzene rings is 2. The van der Waals surface area contributed by atoms with Gasteiger partial charge in [0.15, 0.2) is 0 Å². The highest BCUT2D eigenvalue weighted by molar-refractivity contribution is 9.11. The van der Waals surface area contributed by atoms with Crippen molar-refractivity contribution >= 4 is 49.6 Å². The molecule has 19 heavy (non-hydrogen) atoms. The van der Waals surface area contributed by atoms with Crippen LogP contribution < -0.4 is 0 Å². The van der Waals surface area contributed by atoms with E-state index < -0.39 is 0 Å². The largest absolute Gasteiger partial charge is 0.131 e. The van der Waals surface area contributed by atoms with Gasteiger partial charge < -0.3 is 0 Å². The summed E-state index contributed by atoms with van der Waals surface area (Å²) in [4.78, 5) is 1.17. The van der Waals surface area contributed by atoms with Gasteiger partial charge in [0.05, 0.1) is 9.16 Å². The first kappa shape index (κ1) is 13.2. The molecule has 0 saturated heterocycles. The van der Waals surface area contributed by atoms with E-state index in [1.54, 1.807) is 11.3 Å². The highest BCUT2D eigenvalue weighted by Gasteiger charge is 2.17. The molecule has 0 bridgehead atoms. The summed E-state index contributed by atoms with van der Waals surface area (Å²) >= 11 is 11.9. The van der Waals surface area contributed by atoms with E-state index in [1.807, 2.05) is 0 Å². The molecule has 1 aromatic heterocycles. The van der Waals surface area contributed by atoms with E-state index in [4.69, 9.17) is 11.6 Å². The predicted octanol–water partition coefficient (Wildman–Crippen LogP) is 6.30. The van der Waals surface area contributed by atoms with E-state index in [2.05, 4.69) is 71.4 Å². The van der Waals surface area contributed by atoms with Gasteiger partial charge in [-0.15, -0.1) is 22.9 Å². The fourth-order valence-electron chi connectivity index (χ4n) is 2.35. The Balaban J connectivity index is 2.21. The van der Waals surface area contributed by atoms with E-state index >= 15 is 0 Å². The maximum Gasteiger partial charge on any atom is 0.0936 e. The normalized spacial score (nSPS) is 12.8. The molecule has 3 rings (SSSR count). The Morgan fingerprint density at radius 1 is 1.05 bits per heavy atom. The van der Waals surface area contributed by atoms with Crippen molar-refractivity contribution in [3.63, 3.8) is 0 Å². The Labute approximate surface area is 130 Å². The van der Waals surface area contributed by atoms with Gasteiger partial charge in [0, 0.05) is 4.88 Å². The number of hydrogen-bond acceptors (Lipinski definition) is 1. The molecular weight excluding hydrogens is 340 g/mol. The molecular formula is C16H12BrClS. The molecule has 3 heteroatoms. The van der Waals surface area contributed by atoms with Crippen molar-refractivity contribution in [3.05, 3.63) is 68.3 Å². The summed E-state index contributed by atoms with van der Waals surface area (Å²) in [6.07, 6.45) is 0. The lowest BCUT2D eigenvalue weighted by atomic mass is 9.96. The fraction of sp³-hybridized carbons (Fsp3) is 0.125. The number of rotatable bonds is 2. The highest BCUT2D eigenvalue weighted by Crippen LogP contribution is 2.40. The number of fused-ring (bicyclic) bond motifs is 1. The van der Waals surface area contributed by atoms with Gasteiger partial charge in [-0.2, -0.15) is 0 Å². The number of hydrogen-bond donors (Lipinski definition) is 0. The Hall–Kier alpha value is -0.830. The molecule has 0 amide bonds. The Kier molecular flexibility index (Phi) is 3.66. The van der Waals surface area contributed by atoms with Crippen LogP contribution in [0.15, 0.2) is 52.3 Å². The van der Waals surface area contributed by atoms with Crippen molar-refractivity contribution in [1.82, 2.24) is 0 Å². The van der Waals surface area contributed by atoms with Crippen molar-refractivity contribution in [2.45, 2.75) is 12.3 Å². The summed E-state index contributed by atoms with van der Waals surface area (Å²) < 4.78 is 1.12. The van der Waals surface area contributed by atoms with Crippen LogP contribution >= 0.6 is 38.9 Å². The quantitative estimate of drug-likeness (QED) is 0.475. The molecule has 0 N–H and O–H groups in total. The number of aryl methyl sites for hydroxylation is 1. The highest BCUT2D eigenvalue weighted by atomic mass is 79.9. The van der Waals surface area contributed by atoms with Gasteiger partial charge in [-0.1, -0.05) is 36.4 Å². The maximum atomic E-state index is 6.72. The molecule has 96 valence electrons. The predicted molar refractivity (Wildman–Crippen MR) is 88.4 cm³/mol. The second kappa shape index (κ2) is 5.28. The standard InChI is InChI=1S/C16H12BrClS/c1-10-6-7-11-4-2-3-5-12(11)15(10)16(18)13-8-9-14(17)19-13/h2-9,16H,1H3. The minimum absolute atomic E-state index is 0.0950. The molecule has 0 radical (unpaired) electrons. The molecule has 0 fully saturated rings. The molecule has 3 aromatic rings. The van der Waals surface area contributed by atoms with Gasteiger partial charge in [-0.3, -0.25) is 0 Å². The summed E-state index contributed by atoms with van der Waals surface area (Å²) in [7, 11) is 0. The van der Waals surface area contributed by atoms with Crippen LogP contribution in [0.25, 0.3) is 10.8 Å². The van der Waals surface area contributed by atoms with Gasteiger partial charge in [-0.05, 0) is 56.9 Å². The zero-order chi connectivity index (χ0) is 13.4. The van der Waals surface area contributed by atoms with Crippen LogP contribution in [0.1, 0.15) is 21.4 Å². The molecule has 0 saturated carbocycles. The van der Waals surface area contributed by atoms with Crippen molar-refractivity contribution in [2.24, 2.45) is 0 Å². The summed E-state index contributed by atoms with van der Waals surface area (Å²) in [6, 6.07) is 16.9. The van der Waals surface area contributed by atoms with Gasteiger partial charge in [0.2, 0.25) is 0 Å². The van der Waals surface area contributed by atoms with Gasteiger partial charge in [0.25, 0.3) is 0 Å². The van der Waals surface area contributed by atoms with Crippen LogP contribution in [0, 0.1) is 6.92 Å². The maximum absolute atomic E-state index is 6.72. The van der Waals surface area contributed by atoms with Crippen molar-refractivity contribution in [3.8, 4) is 0 Å². The molecule has 1 atom stereocenters. The Morgan fingerprint density at radius 3 is 2.58 bits per heavy atom. The van der Waals surface area contributed by atoms with Crippen LogP contribution in [0.4, 0.5) is 0 Å². The van der Waals surface area contributed by atoms with Crippen LogP contribution in [0.5, 0.6) is 0 Å².